The maximum Gasteiger partial charge on any atom is 0.265 e. The lowest BCUT2D eigenvalue weighted by atomic mass is 10.1. The van der Waals surface area contributed by atoms with E-state index in [0.29, 0.717) is 42.5 Å². The van der Waals surface area contributed by atoms with Gasteiger partial charge in [0.2, 0.25) is 5.71 Å². The lowest BCUT2D eigenvalue weighted by molar-refractivity contribution is 0.0535. The predicted molar refractivity (Wildman–Crippen MR) is 112 cm³/mol. The molecule has 156 valence electrons. The lowest BCUT2D eigenvalue weighted by Gasteiger charge is -2.35. The van der Waals surface area contributed by atoms with Gasteiger partial charge in [-0.3, -0.25) is 14.4 Å². The van der Waals surface area contributed by atoms with Crippen LogP contribution in [0.2, 0.25) is 10.0 Å². The van der Waals surface area contributed by atoms with Gasteiger partial charge in [0.25, 0.3) is 17.4 Å². The molecule has 0 spiro atoms. The SMILES string of the molecule is Cc1oc2ncn(C)c(=O)c2c1C(=O)N1CCN(C(=O)c2ccc(Cl)cc2Cl)CC1. The molecule has 2 amide bonds. The largest absolute Gasteiger partial charge is 0.442 e. The highest BCUT2D eigenvalue weighted by molar-refractivity contribution is 6.36. The van der Waals surface area contributed by atoms with E-state index in [1.807, 2.05) is 0 Å². The second kappa shape index (κ2) is 7.77. The van der Waals surface area contributed by atoms with Gasteiger partial charge in [0.15, 0.2) is 0 Å². The van der Waals surface area contributed by atoms with Crippen LogP contribution in [-0.4, -0.2) is 57.3 Å². The number of halogens is 2. The van der Waals surface area contributed by atoms with E-state index in [1.165, 1.54) is 17.0 Å². The van der Waals surface area contributed by atoms with Gasteiger partial charge < -0.3 is 18.8 Å². The van der Waals surface area contributed by atoms with Crippen molar-refractivity contribution in [1.82, 2.24) is 19.4 Å². The van der Waals surface area contributed by atoms with Gasteiger partial charge in [-0.1, -0.05) is 23.2 Å². The van der Waals surface area contributed by atoms with Crippen LogP contribution in [-0.2, 0) is 7.05 Å². The van der Waals surface area contributed by atoms with Crippen LogP contribution < -0.4 is 5.56 Å². The number of hydrogen-bond donors (Lipinski definition) is 0. The average molecular weight is 449 g/mol. The van der Waals surface area contributed by atoms with Gasteiger partial charge in [0.1, 0.15) is 17.5 Å². The second-order valence-corrected chi connectivity index (χ2v) is 7.93. The van der Waals surface area contributed by atoms with Crippen molar-refractivity contribution in [1.29, 1.82) is 0 Å². The minimum Gasteiger partial charge on any atom is -0.442 e. The fourth-order valence-electron chi connectivity index (χ4n) is 3.55. The zero-order valence-electron chi connectivity index (χ0n) is 16.3. The first-order valence-corrected chi connectivity index (χ1v) is 10.0. The number of rotatable bonds is 2. The fourth-order valence-corrected chi connectivity index (χ4v) is 4.04. The molecule has 2 aromatic heterocycles. The first kappa shape index (κ1) is 20.4. The number of amides is 2. The Hall–Kier alpha value is -2.84. The van der Waals surface area contributed by atoms with E-state index in [0.717, 1.165) is 0 Å². The molecule has 8 nitrogen and oxygen atoms in total. The third kappa shape index (κ3) is 3.46. The molecule has 0 atom stereocenters. The number of carbonyl (C=O) groups is 2. The van der Waals surface area contributed by atoms with Crippen LogP contribution in [0.3, 0.4) is 0 Å². The molecule has 4 rings (SSSR count). The van der Waals surface area contributed by atoms with Gasteiger partial charge in [0, 0.05) is 38.2 Å². The van der Waals surface area contributed by atoms with E-state index in [-0.39, 0.29) is 39.1 Å². The molecule has 3 heterocycles. The molecular weight excluding hydrogens is 431 g/mol. The van der Waals surface area contributed by atoms with Gasteiger partial charge in [-0.25, -0.2) is 4.98 Å². The van der Waals surface area contributed by atoms with Crippen molar-refractivity contribution in [2.45, 2.75) is 6.92 Å². The van der Waals surface area contributed by atoms with Crippen LogP contribution in [0.4, 0.5) is 0 Å². The standard InChI is InChI=1S/C20H18Cl2N4O4/c1-11-15(16-17(30-11)23-10-24(2)19(16)28)20(29)26-7-5-25(6-8-26)18(27)13-4-3-12(21)9-14(13)22/h3-4,9-10H,5-8H2,1-2H3. The van der Waals surface area contributed by atoms with E-state index in [9.17, 15) is 14.4 Å². The van der Waals surface area contributed by atoms with Crippen LogP contribution in [0.25, 0.3) is 11.1 Å². The molecular formula is C20H18Cl2N4O4. The van der Waals surface area contributed by atoms with Crippen LogP contribution in [0.5, 0.6) is 0 Å². The van der Waals surface area contributed by atoms with Crippen molar-refractivity contribution in [3.05, 3.63) is 61.8 Å². The normalized spacial score (nSPS) is 14.4. The summed E-state index contributed by atoms with van der Waals surface area (Å²) in [7, 11) is 1.57. The van der Waals surface area contributed by atoms with Crippen molar-refractivity contribution in [3.8, 4) is 0 Å². The second-order valence-electron chi connectivity index (χ2n) is 7.08. The number of carbonyl (C=O) groups excluding carboxylic acids is 2. The van der Waals surface area contributed by atoms with Crippen LogP contribution in [0.1, 0.15) is 26.5 Å². The van der Waals surface area contributed by atoms with Gasteiger partial charge in [-0.2, -0.15) is 0 Å². The van der Waals surface area contributed by atoms with E-state index >= 15 is 0 Å². The number of benzene rings is 1. The quantitative estimate of drug-likeness (QED) is 0.601. The van der Waals surface area contributed by atoms with E-state index in [4.69, 9.17) is 27.6 Å². The summed E-state index contributed by atoms with van der Waals surface area (Å²) < 4.78 is 6.83. The molecule has 10 heteroatoms. The number of nitrogens with zero attached hydrogens (tertiary/aromatic N) is 4. The Balaban J connectivity index is 1.54. The Labute approximate surface area is 181 Å². The Morgan fingerprint density at radius 1 is 1.07 bits per heavy atom. The van der Waals surface area contributed by atoms with Crippen molar-refractivity contribution in [3.63, 3.8) is 0 Å². The van der Waals surface area contributed by atoms with E-state index < -0.39 is 0 Å². The smallest absolute Gasteiger partial charge is 0.265 e. The molecule has 0 radical (unpaired) electrons. The minimum atomic E-state index is -0.341. The lowest BCUT2D eigenvalue weighted by Crippen LogP contribution is -2.50. The highest BCUT2D eigenvalue weighted by Gasteiger charge is 2.30. The zero-order valence-corrected chi connectivity index (χ0v) is 17.8. The summed E-state index contributed by atoms with van der Waals surface area (Å²) in [5, 5.41) is 0.916. The average Bonchev–Trinajstić information content (AvgIpc) is 3.06. The highest BCUT2D eigenvalue weighted by atomic mass is 35.5. The number of aromatic nitrogens is 2. The Bertz CT molecular complexity index is 1230. The van der Waals surface area contributed by atoms with Crippen LogP contribution in [0, 0.1) is 6.92 Å². The Kier molecular flexibility index (Phi) is 5.29. The Morgan fingerprint density at radius 3 is 2.33 bits per heavy atom. The summed E-state index contributed by atoms with van der Waals surface area (Å²) >= 11 is 12.0. The van der Waals surface area contributed by atoms with Gasteiger partial charge in [0.05, 0.1) is 16.1 Å². The third-order valence-electron chi connectivity index (χ3n) is 5.18. The maximum absolute atomic E-state index is 13.1. The van der Waals surface area contributed by atoms with Gasteiger partial charge in [-0.05, 0) is 25.1 Å². The monoisotopic (exact) mass is 448 g/mol. The fraction of sp³-hybridized carbons (Fsp3) is 0.300. The first-order chi connectivity index (χ1) is 14.3. The van der Waals surface area contributed by atoms with Crippen LogP contribution in [0.15, 0.2) is 33.7 Å². The molecule has 1 saturated heterocycles. The Morgan fingerprint density at radius 2 is 1.70 bits per heavy atom. The number of fused-ring (bicyclic) bond motifs is 1. The molecule has 1 aromatic carbocycles. The molecule has 1 fully saturated rings. The van der Waals surface area contributed by atoms with E-state index in [1.54, 1.807) is 35.9 Å². The molecule has 30 heavy (non-hydrogen) atoms. The number of hydrogen-bond acceptors (Lipinski definition) is 5. The summed E-state index contributed by atoms with van der Waals surface area (Å²) in [4.78, 5) is 45.8. The molecule has 1 aliphatic rings. The summed E-state index contributed by atoms with van der Waals surface area (Å²) in [5.41, 5.74) is 0.392. The molecule has 0 saturated carbocycles. The predicted octanol–water partition coefficient (Wildman–Crippen LogP) is 2.74. The van der Waals surface area contributed by atoms with Crippen molar-refractivity contribution < 1.29 is 14.0 Å². The molecule has 0 unspecified atom stereocenters. The third-order valence-corrected chi connectivity index (χ3v) is 5.73. The van der Waals surface area contributed by atoms with Gasteiger partial charge >= 0.3 is 0 Å². The molecule has 0 aliphatic carbocycles. The molecule has 3 aromatic rings. The summed E-state index contributed by atoms with van der Waals surface area (Å²) in [6, 6.07) is 4.73. The topological polar surface area (TPSA) is 88.6 Å². The number of furan rings is 1. The zero-order chi connectivity index (χ0) is 21.6. The number of piperazine rings is 1. The summed E-state index contributed by atoms with van der Waals surface area (Å²) in [5.74, 6) is -0.183. The van der Waals surface area contributed by atoms with Crippen molar-refractivity contribution in [2.24, 2.45) is 7.05 Å². The first-order valence-electron chi connectivity index (χ1n) is 9.26. The minimum absolute atomic E-state index is 0.144. The van der Waals surface area contributed by atoms with Crippen LogP contribution >= 0.6 is 23.2 Å². The summed E-state index contributed by atoms with van der Waals surface area (Å²) in [6.45, 7) is 2.96. The molecule has 0 N–H and O–H groups in total. The highest BCUT2D eigenvalue weighted by Crippen LogP contribution is 2.25. The van der Waals surface area contributed by atoms with Crippen molar-refractivity contribution in [2.75, 3.05) is 26.2 Å². The summed E-state index contributed by atoms with van der Waals surface area (Å²) in [6.07, 6.45) is 1.36. The van der Waals surface area contributed by atoms with E-state index in [2.05, 4.69) is 4.98 Å². The van der Waals surface area contributed by atoms with Gasteiger partial charge in [-0.15, -0.1) is 0 Å². The maximum atomic E-state index is 13.1. The number of aryl methyl sites for hydroxylation is 2. The molecule has 0 bridgehead atoms. The van der Waals surface area contributed by atoms with Crippen molar-refractivity contribution >= 4 is 46.1 Å². The molecule has 1 aliphatic heterocycles.